The van der Waals surface area contributed by atoms with E-state index in [4.69, 9.17) is 30.9 Å². The Morgan fingerprint density at radius 3 is 2.89 bits per heavy atom. The fourth-order valence-electron chi connectivity index (χ4n) is 3.55. The highest BCUT2D eigenvalue weighted by molar-refractivity contribution is 6.32. The molecule has 4 heterocycles. The van der Waals surface area contributed by atoms with E-state index in [1.165, 1.54) is 0 Å². The molecule has 0 saturated carbocycles. The van der Waals surface area contributed by atoms with Crippen molar-refractivity contribution in [3.8, 4) is 5.88 Å². The van der Waals surface area contributed by atoms with Crippen LogP contribution in [-0.4, -0.2) is 59.3 Å². The Bertz CT molecular complexity index is 824. The number of rotatable bonds is 3. The zero-order valence-electron chi connectivity index (χ0n) is 16.1. The van der Waals surface area contributed by atoms with E-state index in [0.717, 1.165) is 37.4 Å². The third kappa shape index (κ3) is 4.01. The summed E-state index contributed by atoms with van der Waals surface area (Å²) in [5.41, 5.74) is 1.77. The van der Waals surface area contributed by atoms with Crippen LogP contribution in [0.1, 0.15) is 31.0 Å². The van der Waals surface area contributed by atoms with Gasteiger partial charge in [-0.05, 0) is 19.8 Å². The minimum Gasteiger partial charge on any atom is -0.475 e. The number of anilines is 3. The summed E-state index contributed by atoms with van der Waals surface area (Å²) >= 11 is 6.28. The second kappa shape index (κ2) is 8.50. The molecule has 2 N–H and O–H groups in total. The van der Waals surface area contributed by atoms with E-state index in [0.29, 0.717) is 48.3 Å². The molecule has 152 valence electrons. The Labute approximate surface area is 168 Å². The van der Waals surface area contributed by atoms with E-state index in [1.807, 2.05) is 11.6 Å². The first-order valence-electron chi connectivity index (χ1n) is 9.50. The molecule has 2 aromatic rings. The van der Waals surface area contributed by atoms with Gasteiger partial charge in [-0.2, -0.15) is 4.98 Å². The maximum Gasteiger partial charge on any atom is 0.257 e. The summed E-state index contributed by atoms with van der Waals surface area (Å²) in [6.07, 6.45) is 4.16. The van der Waals surface area contributed by atoms with Gasteiger partial charge < -0.3 is 24.8 Å². The van der Waals surface area contributed by atoms with Gasteiger partial charge in [0.1, 0.15) is 10.7 Å². The summed E-state index contributed by atoms with van der Waals surface area (Å²) in [5, 5.41) is 11.8. The predicted molar refractivity (Wildman–Crippen MR) is 106 cm³/mol. The number of halogens is 1. The third-order valence-electron chi connectivity index (χ3n) is 5.05. The Balaban J connectivity index is 1.69. The highest BCUT2D eigenvalue weighted by Gasteiger charge is 2.25. The normalized spacial score (nSPS) is 20.3. The van der Waals surface area contributed by atoms with Crippen molar-refractivity contribution in [1.29, 1.82) is 0 Å². The fraction of sp³-hybridized carbons (Fsp3) is 0.611. The van der Waals surface area contributed by atoms with Crippen LogP contribution in [0.2, 0.25) is 5.02 Å². The number of nitrogens with one attached hydrogen (secondary N) is 2. The van der Waals surface area contributed by atoms with E-state index in [9.17, 15) is 0 Å². The van der Waals surface area contributed by atoms with Gasteiger partial charge in [0.15, 0.2) is 5.82 Å². The molecule has 9 nitrogen and oxygen atoms in total. The summed E-state index contributed by atoms with van der Waals surface area (Å²) in [5.74, 6) is 1.56. The summed E-state index contributed by atoms with van der Waals surface area (Å²) in [4.78, 5) is 8.84. The van der Waals surface area contributed by atoms with Crippen LogP contribution in [0.3, 0.4) is 0 Å². The van der Waals surface area contributed by atoms with Gasteiger partial charge in [-0.3, -0.25) is 4.68 Å². The molecule has 0 radical (unpaired) electrons. The SMILES string of the molecule is COCC1CCOc2nn(C3CCOCC3)c(C)c2Nc2ncc(Cl)c(n2)N1. The van der Waals surface area contributed by atoms with Crippen molar-refractivity contribution in [3.05, 3.63) is 16.9 Å². The van der Waals surface area contributed by atoms with Gasteiger partial charge in [0.05, 0.1) is 37.2 Å². The number of hydrogen-bond acceptors (Lipinski definition) is 8. The molecule has 10 heteroatoms. The number of nitrogens with zero attached hydrogens (tertiary/aromatic N) is 4. The summed E-state index contributed by atoms with van der Waals surface area (Å²) in [7, 11) is 1.67. The highest BCUT2D eigenvalue weighted by atomic mass is 35.5. The molecule has 4 rings (SSSR count). The average molecular weight is 409 g/mol. The number of fused-ring (bicyclic) bond motifs is 3. The fourth-order valence-corrected chi connectivity index (χ4v) is 3.70. The van der Waals surface area contributed by atoms with Crippen LogP contribution in [0.15, 0.2) is 6.20 Å². The first-order valence-corrected chi connectivity index (χ1v) is 9.88. The van der Waals surface area contributed by atoms with E-state index < -0.39 is 0 Å². The van der Waals surface area contributed by atoms with Gasteiger partial charge in [-0.25, -0.2) is 4.98 Å². The van der Waals surface area contributed by atoms with Gasteiger partial charge >= 0.3 is 0 Å². The van der Waals surface area contributed by atoms with Crippen molar-refractivity contribution in [2.75, 3.05) is 44.2 Å². The first kappa shape index (κ1) is 19.2. The van der Waals surface area contributed by atoms with E-state index >= 15 is 0 Å². The molecule has 2 bridgehead atoms. The minimum absolute atomic E-state index is 0.00507. The molecule has 0 spiro atoms. The molecule has 2 aliphatic heterocycles. The summed E-state index contributed by atoms with van der Waals surface area (Å²) < 4.78 is 18.9. The predicted octanol–water partition coefficient (Wildman–Crippen LogP) is 2.94. The molecule has 1 saturated heterocycles. The molecule has 0 aromatic carbocycles. The molecule has 2 aliphatic rings. The van der Waals surface area contributed by atoms with E-state index in [-0.39, 0.29) is 6.04 Å². The monoisotopic (exact) mass is 408 g/mol. The Kier molecular flexibility index (Phi) is 5.84. The second-order valence-electron chi connectivity index (χ2n) is 7.00. The third-order valence-corrected chi connectivity index (χ3v) is 5.33. The Morgan fingerprint density at radius 2 is 2.11 bits per heavy atom. The van der Waals surface area contributed by atoms with Crippen molar-refractivity contribution in [3.63, 3.8) is 0 Å². The smallest absolute Gasteiger partial charge is 0.257 e. The quantitative estimate of drug-likeness (QED) is 0.800. The van der Waals surface area contributed by atoms with Crippen LogP contribution < -0.4 is 15.4 Å². The maximum atomic E-state index is 6.28. The molecule has 0 amide bonds. The summed E-state index contributed by atoms with van der Waals surface area (Å²) in [6, 6.07) is 0.301. The van der Waals surface area contributed by atoms with Crippen LogP contribution in [0.25, 0.3) is 0 Å². The van der Waals surface area contributed by atoms with Crippen LogP contribution in [0.4, 0.5) is 17.5 Å². The van der Waals surface area contributed by atoms with Crippen LogP contribution in [-0.2, 0) is 9.47 Å². The van der Waals surface area contributed by atoms with E-state index in [1.54, 1.807) is 13.3 Å². The molecular weight excluding hydrogens is 384 g/mol. The highest BCUT2D eigenvalue weighted by Crippen LogP contribution is 2.35. The number of aromatic nitrogens is 4. The molecular formula is C18H25ClN6O3. The summed E-state index contributed by atoms with van der Waals surface area (Å²) in [6.45, 7) is 4.52. The van der Waals surface area contributed by atoms with Crippen molar-refractivity contribution in [1.82, 2.24) is 19.7 Å². The average Bonchev–Trinajstić information content (AvgIpc) is 2.99. The van der Waals surface area contributed by atoms with Gasteiger partial charge in [0.2, 0.25) is 5.95 Å². The maximum absolute atomic E-state index is 6.28. The van der Waals surface area contributed by atoms with Crippen molar-refractivity contribution in [2.45, 2.75) is 38.3 Å². The van der Waals surface area contributed by atoms with Crippen LogP contribution >= 0.6 is 11.6 Å². The minimum atomic E-state index is 0.00507. The first-order chi connectivity index (χ1) is 13.7. The lowest BCUT2D eigenvalue weighted by molar-refractivity contribution is 0.0652. The van der Waals surface area contributed by atoms with Crippen molar-refractivity contribution in [2.24, 2.45) is 0 Å². The van der Waals surface area contributed by atoms with Crippen LogP contribution in [0.5, 0.6) is 5.88 Å². The second-order valence-corrected chi connectivity index (χ2v) is 7.41. The Hall–Kier alpha value is -2.10. The van der Waals surface area contributed by atoms with E-state index in [2.05, 4.69) is 20.6 Å². The largest absolute Gasteiger partial charge is 0.475 e. The molecule has 1 fully saturated rings. The lowest BCUT2D eigenvalue weighted by Crippen LogP contribution is -2.28. The van der Waals surface area contributed by atoms with Crippen molar-refractivity contribution < 1.29 is 14.2 Å². The molecule has 2 aromatic heterocycles. The molecule has 1 unspecified atom stereocenters. The van der Waals surface area contributed by atoms with Gasteiger partial charge in [-0.15, -0.1) is 5.10 Å². The Morgan fingerprint density at radius 1 is 1.29 bits per heavy atom. The molecule has 1 atom stereocenters. The van der Waals surface area contributed by atoms with Gasteiger partial charge in [0.25, 0.3) is 5.88 Å². The van der Waals surface area contributed by atoms with Gasteiger partial charge in [0, 0.05) is 26.7 Å². The molecule has 0 aliphatic carbocycles. The number of hydrogen-bond donors (Lipinski definition) is 2. The lowest BCUT2D eigenvalue weighted by atomic mass is 10.1. The lowest BCUT2D eigenvalue weighted by Gasteiger charge is -2.23. The zero-order valence-corrected chi connectivity index (χ0v) is 16.8. The zero-order chi connectivity index (χ0) is 19.5. The molecule has 28 heavy (non-hydrogen) atoms. The number of ether oxygens (including phenoxy) is 3. The topological polar surface area (TPSA) is 95.4 Å². The standard InChI is InChI=1S/C18H25ClN6O3/c1-11-15-17(24-25(11)13-4-6-27-7-5-13)28-8-3-12(10-26-2)21-16-14(19)9-20-18(22-15)23-16/h9,12-13H,3-8,10H2,1-2H3,(H2,20,21,22,23). The van der Waals surface area contributed by atoms with Gasteiger partial charge in [-0.1, -0.05) is 11.6 Å². The van der Waals surface area contributed by atoms with Crippen LogP contribution in [0, 0.1) is 6.92 Å². The number of methoxy groups -OCH3 is 1. The van der Waals surface area contributed by atoms with Crippen molar-refractivity contribution >= 4 is 29.1 Å².